The van der Waals surface area contributed by atoms with Crippen LogP contribution < -0.4 is 4.90 Å². The number of rotatable bonds is 7. The Labute approximate surface area is 143 Å². The van der Waals surface area contributed by atoms with E-state index in [0.717, 1.165) is 44.2 Å². The lowest BCUT2D eigenvalue weighted by atomic mass is 10.0. The van der Waals surface area contributed by atoms with Gasteiger partial charge in [0, 0.05) is 38.8 Å². The Kier molecular flexibility index (Phi) is 5.77. The molecule has 5 heteroatoms. The molecule has 24 heavy (non-hydrogen) atoms. The summed E-state index contributed by atoms with van der Waals surface area (Å²) in [6, 6.07) is 10.7. The molecule has 1 fully saturated rings. The minimum Gasteiger partial charge on any atom is -0.383 e. The van der Waals surface area contributed by atoms with Crippen LogP contribution in [0.1, 0.15) is 29.2 Å². The smallest absolute Gasteiger partial charge is 0.132 e. The highest BCUT2D eigenvalue weighted by molar-refractivity contribution is 5.41. The predicted octanol–water partition coefficient (Wildman–Crippen LogP) is 2.94. The second kappa shape index (κ2) is 8.22. The van der Waals surface area contributed by atoms with E-state index >= 15 is 0 Å². The lowest BCUT2D eigenvalue weighted by molar-refractivity contribution is 0.193. The maximum Gasteiger partial charge on any atom is 0.132 e. The third-order valence-electron chi connectivity index (χ3n) is 4.41. The van der Waals surface area contributed by atoms with Gasteiger partial charge >= 0.3 is 0 Å². The molecule has 0 amide bonds. The molecule has 3 rings (SSSR count). The molecule has 0 spiro atoms. The first-order valence-corrected chi connectivity index (χ1v) is 8.45. The number of anilines is 1. The van der Waals surface area contributed by atoms with Crippen molar-refractivity contribution in [1.82, 2.24) is 9.97 Å². The standard InChI is InChI=1S/C19H25N3O2/c1-15-3-5-16(6-4-15)12-22(8-10-23-2)19-11-18(20-14-21-19)17-7-9-24-13-17/h3-6,11,14,17H,7-10,12-13H2,1-2H3/t17-/m1/s1. The minimum absolute atomic E-state index is 0.385. The van der Waals surface area contributed by atoms with Gasteiger partial charge in [0.2, 0.25) is 0 Å². The van der Waals surface area contributed by atoms with E-state index < -0.39 is 0 Å². The minimum atomic E-state index is 0.385. The molecule has 1 aliphatic rings. The van der Waals surface area contributed by atoms with Crippen LogP contribution in [0.25, 0.3) is 0 Å². The summed E-state index contributed by atoms with van der Waals surface area (Å²) < 4.78 is 10.8. The monoisotopic (exact) mass is 327 g/mol. The molecule has 1 aliphatic heterocycles. The van der Waals surface area contributed by atoms with Crippen LogP contribution in [0.3, 0.4) is 0 Å². The third kappa shape index (κ3) is 4.30. The fourth-order valence-electron chi connectivity index (χ4n) is 2.92. The van der Waals surface area contributed by atoms with Crippen molar-refractivity contribution >= 4 is 5.82 Å². The zero-order chi connectivity index (χ0) is 16.8. The van der Waals surface area contributed by atoms with E-state index in [0.29, 0.717) is 12.5 Å². The molecule has 1 aromatic carbocycles. The molecule has 0 unspecified atom stereocenters. The van der Waals surface area contributed by atoms with E-state index in [2.05, 4.69) is 52.1 Å². The number of aryl methyl sites for hydroxylation is 1. The van der Waals surface area contributed by atoms with Crippen LogP contribution in [0.15, 0.2) is 36.7 Å². The Morgan fingerprint density at radius 1 is 1.25 bits per heavy atom. The molecule has 5 nitrogen and oxygen atoms in total. The van der Waals surface area contributed by atoms with Gasteiger partial charge in [-0.1, -0.05) is 29.8 Å². The lowest BCUT2D eigenvalue weighted by Crippen LogP contribution is -2.28. The Morgan fingerprint density at radius 2 is 2.08 bits per heavy atom. The van der Waals surface area contributed by atoms with E-state index in [1.54, 1.807) is 13.4 Å². The molecule has 0 aliphatic carbocycles. The van der Waals surface area contributed by atoms with Crippen LogP contribution in [-0.2, 0) is 16.0 Å². The first-order chi connectivity index (χ1) is 11.8. The molecule has 0 N–H and O–H groups in total. The van der Waals surface area contributed by atoms with Gasteiger partial charge in [-0.3, -0.25) is 0 Å². The normalized spacial score (nSPS) is 17.2. The molecule has 1 aromatic heterocycles. The molecule has 0 bridgehead atoms. The van der Waals surface area contributed by atoms with E-state index in [1.807, 2.05) is 0 Å². The molecular formula is C19H25N3O2. The summed E-state index contributed by atoms with van der Waals surface area (Å²) >= 11 is 0. The summed E-state index contributed by atoms with van der Waals surface area (Å²) in [5.74, 6) is 1.33. The highest BCUT2D eigenvalue weighted by atomic mass is 16.5. The number of hydrogen-bond donors (Lipinski definition) is 0. The maximum atomic E-state index is 5.49. The van der Waals surface area contributed by atoms with Crippen molar-refractivity contribution in [2.75, 3.05) is 38.4 Å². The number of ether oxygens (including phenoxy) is 2. The molecule has 0 radical (unpaired) electrons. The van der Waals surface area contributed by atoms with E-state index in [9.17, 15) is 0 Å². The second-order valence-electron chi connectivity index (χ2n) is 6.26. The van der Waals surface area contributed by atoms with Gasteiger partial charge in [-0.15, -0.1) is 0 Å². The van der Waals surface area contributed by atoms with Gasteiger partial charge in [-0.25, -0.2) is 9.97 Å². The van der Waals surface area contributed by atoms with Gasteiger partial charge < -0.3 is 14.4 Å². The zero-order valence-corrected chi connectivity index (χ0v) is 14.4. The Hall–Kier alpha value is -1.98. The fourth-order valence-corrected chi connectivity index (χ4v) is 2.92. The molecule has 2 aromatic rings. The number of benzene rings is 1. The Balaban J connectivity index is 1.79. The Bertz CT molecular complexity index is 639. The van der Waals surface area contributed by atoms with Crippen molar-refractivity contribution < 1.29 is 9.47 Å². The largest absolute Gasteiger partial charge is 0.383 e. The SMILES string of the molecule is COCCN(Cc1ccc(C)cc1)c1cc([C@@H]2CCOC2)ncn1. The molecule has 0 saturated carbocycles. The lowest BCUT2D eigenvalue weighted by Gasteiger charge is -2.24. The highest BCUT2D eigenvalue weighted by Gasteiger charge is 2.20. The van der Waals surface area contributed by atoms with Crippen LogP contribution in [0.4, 0.5) is 5.82 Å². The van der Waals surface area contributed by atoms with Crippen LogP contribution in [-0.4, -0.2) is 43.4 Å². The number of hydrogen-bond acceptors (Lipinski definition) is 5. The van der Waals surface area contributed by atoms with Gasteiger partial charge in [-0.05, 0) is 18.9 Å². The predicted molar refractivity (Wildman–Crippen MR) is 94.3 cm³/mol. The van der Waals surface area contributed by atoms with Crippen LogP contribution in [0, 0.1) is 6.92 Å². The maximum absolute atomic E-state index is 5.49. The van der Waals surface area contributed by atoms with E-state index in [1.165, 1.54) is 11.1 Å². The topological polar surface area (TPSA) is 47.5 Å². The fraction of sp³-hybridized carbons (Fsp3) is 0.474. The summed E-state index contributed by atoms with van der Waals surface area (Å²) in [6.07, 6.45) is 2.70. The summed E-state index contributed by atoms with van der Waals surface area (Å²) in [6.45, 7) is 5.95. The summed E-state index contributed by atoms with van der Waals surface area (Å²) in [5.41, 5.74) is 3.61. The number of nitrogens with zero attached hydrogens (tertiary/aromatic N) is 3. The average Bonchev–Trinajstić information content (AvgIpc) is 3.15. The van der Waals surface area contributed by atoms with Crippen molar-refractivity contribution in [1.29, 1.82) is 0 Å². The highest BCUT2D eigenvalue weighted by Crippen LogP contribution is 2.25. The zero-order valence-electron chi connectivity index (χ0n) is 14.4. The van der Waals surface area contributed by atoms with Crippen molar-refractivity contribution in [3.63, 3.8) is 0 Å². The van der Waals surface area contributed by atoms with Crippen molar-refractivity contribution in [3.8, 4) is 0 Å². The summed E-state index contributed by atoms with van der Waals surface area (Å²) in [5, 5.41) is 0. The summed E-state index contributed by atoms with van der Waals surface area (Å²) in [4.78, 5) is 11.2. The third-order valence-corrected chi connectivity index (χ3v) is 4.41. The molecule has 1 saturated heterocycles. The quantitative estimate of drug-likeness (QED) is 0.782. The van der Waals surface area contributed by atoms with Gasteiger partial charge in [0.05, 0.1) is 18.9 Å². The van der Waals surface area contributed by atoms with E-state index in [-0.39, 0.29) is 0 Å². The molecule has 128 valence electrons. The number of aromatic nitrogens is 2. The molecule has 1 atom stereocenters. The second-order valence-corrected chi connectivity index (χ2v) is 6.26. The van der Waals surface area contributed by atoms with Crippen LogP contribution in [0.2, 0.25) is 0 Å². The van der Waals surface area contributed by atoms with Crippen LogP contribution >= 0.6 is 0 Å². The van der Waals surface area contributed by atoms with Gasteiger partial charge in [0.1, 0.15) is 12.1 Å². The first kappa shape index (κ1) is 16.9. The van der Waals surface area contributed by atoms with Crippen molar-refractivity contribution in [3.05, 3.63) is 53.5 Å². The first-order valence-electron chi connectivity index (χ1n) is 8.45. The van der Waals surface area contributed by atoms with Crippen LogP contribution in [0.5, 0.6) is 0 Å². The van der Waals surface area contributed by atoms with Gasteiger partial charge in [0.15, 0.2) is 0 Å². The molecular weight excluding hydrogens is 302 g/mol. The Morgan fingerprint density at radius 3 is 2.79 bits per heavy atom. The molecule has 2 heterocycles. The van der Waals surface area contributed by atoms with Gasteiger partial charge in [0.25, 0.3) is 0 Å². The average molecular weight is 327 g/mol. The number of methoxy groups -OCH3 is 1. The van der Waals surface area contributed by atoms with E-state index in [4.69, 9.17) is 9.47 Å². The van der Waals surface area contributed by atoms with Crippen molar-refractivity contribution in [2.45, 2.75) is 25.8 Å². The van der Waals surface area contributed by atoms with Gasteiger partial charge in [-0.2, -0.15) is 0 Å². The summed E-state index contributed by atoms with van der Waals surface area (Å²) in [7, 11) is 1.73. The van der Waals surface area contributed by atoms with Crippen molar-refractivity contribution in [2.24, 2.45) is 0 Å².